The Morgan fingerprint density at radius 1 is 1.18 bits per heavy atom. The highest BCUT2D eigenvalue weighted by Crippen LogP contribution is 2.32. The molecule has 4 rings (SSSR count). The van der Waals surface area contributed by atoms with Crippen LogP contribution >= 0.6 is 11.3 Å². The largest absolute Gasteiger partial charge is 0.480 e. The van der Waals surface area contributed by atoms with Gasteiger partial charge in [-0.1, -0.05) is 0 Å². The van der Waals surface area contributed by atoms with E-state index in [9.17, 15) is 19.8 Å². The minimum Gasteiger partial charge on any atom is -0.480 e. The number of aliphatic hydroxyl groups is 1. The molecule has 1 amide bonds. The van der Waals surface area contributed by atoms with Crippen LogP contribution in [0.25, 0.3) is 10.6 Å². The van der Waals surface area contributed by atoms with Crippen molar-refractivity contribution in [3.8, 4) is 10.6 Å². The van der Waals surface area contributed by atoms with Crippen LogP contribution in [0.15, 0.2) is 24.4 Å². The summed E-state index contributed by atoms with van der Waals surface area (Å²) < 4.78 is 0. The van der Waals surface area contributed by atoms with Crippen LogP contribution in [0.5, 0.6) is 0 Å². The molecular weight excluding hydrogens is 442 g/mol. The number of amides is 1. The molecule has 2 aliphatic heterocycles. The molecule has 4 heterocycles. The molecule has 2 aromatic rings. The van der Waals surface area contributed by atoms with E-state index in [2.05, 4.69) is 48.3 Å². The summed E-state index contributed by atoms with van der Waals surface area (Å²) in [5.41, 5.74) is 0.689. The number of carbonyl (C=O) groups is 2. The van der Waals surface area contributed by atoms with Crippen LogP contribution in [0, 0.1) is 0 Å². The number of hydrogen-bond donors (Lipinski definition) is 4. The maximum Gasteiger partial charge on any atom is 0.326 e. The van der Waals surface area contributed by atoms with Crippen molar-refractivity contribution in [1.29, 1.82) is 0 Å². The Kier molecular flexibility index (Phi) is 6.19. The number of rotatable bonds is 5. The lowest BCUT2D eigenvalue weighted by atomic mass is 9.80. The number of aliphatic carboxylic acids is 1. The standard InChI is InChI=1S/C23H31N5O4S/c1-22(2)10-13(11-23(3,4)27-22)25-21-24-8-7-15(26-21)17-5-6-18(33-17)19(30)28-12-14(29)9-16(28)20(31)32/h5-8,13-14,16,27,29H,9-12H2,1-4H3,(H,31,32)(H,24,25,26)/t14-,16+/m1/s1. The third kappa shape index (κ3) is 5.34. The highest BCUT2D eigenvalue weighted by Gasteiger charge is 2.40. The molecule has 0 aliphatic carbocycles. The predicted octanol–water partition coefficient (Wildman–Crippen LogP) is 2.59. The third-order valence-corrected chi connectivity index (χ3v) is 7.17. The first-order valence-electron chi connectivity index (χ1n) is 11.1. The van der Waals surface area contributed by atoms with Crippen molar-refractivity contribution in [3.63, 3.8) is 0 Å². The number of hydrogen-bond acceptors (Lipinski definition) is 8. The summed E-state index contributed by atoms with van der Waals surface area (Å²) in [5.74, 6) is -0.949. The first kappa shape index (κ1) is 23.6. The number of aliphatic hydroxyl groups excluding tert-OH is 1. The first-order valence-corrected chi connectivity index (χ1v) is 12.0. The summed E-state index contributed by atoms with van der Waals surface area (Å²) in [4.78, 5) is 35.9. The lowest BCUT2D eigenvalue weighted by Gasteiger charge is -2.46. The zero-order chi connectivity index (χ0) is 24.0. The predicted molar refractivity (Wildman–Crippen MR) is 126 cm³/mol. The molecule has 4 N–H and O–H groups in total. The smallest absolute Gasteiger partial charge is 0.326 e. The van der Waals surface area contributed by atoms with Gasteiger partial charge >= 0.3 is 5.97 Å². The number of nitrogens with one attached hydrogen (secondary N) is 2. The van der Waals surface area contributed by atoms with Crippen molar-refractivity contribution < 1.29 is 19.8 Å². The van der Waals surface area contributed by atoms with E-state index in [-0.39, 0.29) is 36.0 Å². The molecule has 2 aromatic heterocycles. The molecule has 0 aromatic carbocycles. The summed E-state index contributed by atoms with van der Waals surface area (Å²) in [7, 11) is 0. The van der Waals surface area contributed by atoms with Crippen molar-refractivity contribution in [1.82, 2.24) is 20.2 Å². The molecule has 0 bridgehead atoms. The monoisotopic (exact) mass is 473 g/mol. The number of β-amino-alcohol motifs (C(OH)–C–C–N with tert-alkyl or cyclic N) is 1. The third-order valence-electron chi connectivity index (χ3n) is 6.07. The minimum absolute atomic E-state index is 0.00297. The molecule has 0 spiro atoms. The van der Waals surface area contributed by atoms with Crippen LogP contribution in [0.4, 0.5) is 5.95 Å². The second kappa shape index (κ2) is 8.66. The van der Waals surface area contributed by atoms with Gasteiger partial charge in [-0.15, -0.1) is 11.3 Å². The quantitative estimate of drug-likeness (QED) is 0.522. The van der Waals surface area contributed by atoms with Gasteiger partial charge in [0.1, 0.15) is 6.04 Å². The fourth-order valence-corrected chi connectivity index (χ4v) is 6.11. The lowest BCUT2D eigenvalue weighted by Crippen LogP contribution is -2.60. The van der Waals surface area contributed by atoms with E-state index >= 15 is 0 Å². The molecule has 2 saturated heterocycles. The van der Waals surface area contributed by atoms with E-state index in [0.717, 1.165) is 17.7 Å². The van der Waals surface area contributed by atoms with Crippen LogP contribution in [0.1, 0.15) is 56.6 Å². The molecule has 0 saturated carbocycles. The highest BCUT2D eigenvalue weighted by atomic mass is 32.1. The number of carbonyl (C=O) groups excluding carboxylic acids is 1. The Balaban J connectivity index is 1.50. The fraction of sp³-hybridized carbons (Fsp3) is 0.565. The molecule has 2 aliphatic rings. The molecule has 0 unspecified atom stereocenters. The molecule has 33 heavy (non-hydrogen) atoms. The second-order valence-corrected chi connectivity index (χ2v) is 11.4. The Morgan fingerprint density at radius 2 is 1.88 bits per heavy atom. The highest BCUT2D eigenvalue weighted by molar-refractivity contribution is 7.17. The van der Waals surface area contributed by atoms with Gasteiger partial charge in [-0.2, -0.15) is 0 Å². The van der Waals surface area contributed by atoms with E-state index < -0.39 is 18.1 Å². The SMILES string of the molecule is CC1(C)CC(Nc2nccc(-c3ccc(C(=O)N4C[C@H](O)C[C@H]4C(=O)O)s3)n2)CC(C)(C)N1. The number of nitrogens with zero attached hydrogens (tertiary/aromatic N) is 3. The summed E-state index contributed by atoms with van der Waals surface area (Å²) in [6.45, 7) is 8.79. The number of anilines is 1. The van der Waals surface area contributed by atoms with Crippen LogP contribution in [-0.2, 0) is 4.79 Å². The topological polar surface area (TPSA) is 128 Å². The molecule has 178 valence electrons. The van der Waals surface area contributed by atoms with Gasteiger partial charge in [0.05, 0.1) is 21.6 Å². The van der Waals surface area contributed by atoms with Gasteiger partial charge in [0.25, 0.3) is 5.91 Å². The molecular formula is C23H31N5O4S. The maximum atomic E-state index is 12.9. The molecule has 2 fully saturated rings. The normalized spacial score (nSPS) is 24.6. The zero-order valence-corrected chi connectivity index (χ0v) is 20.1. The second-order valence-electron chi connectivity index (χ2n) is 10.3. The van der Waals surface area contributed by atoms with E-state index in [1.54, 1.807) is 18.3 Å². The van der Waals surface area contributed by atoms with Crippen molar-refractivity contribution in [3.05, 3.63) is 29.3 Å². The van der Waals surface area contributed by atoms with E-state index in [1.165, 1.54) is 16.2 Å². The molecule has 9 nitrogen and oxygen atoms in total. The van der Waals surface area contributed by atoms with E-state index in [4.69, 9.17) is 0 Å². The fourth-order valence-electron chi connectivity index (χ4n) is 5.18. The molecule has 0 radical (unpaired) electrons. The number of carboxylic acid groups (broad SMARTS) is 1. The maximum absolute atomic E-state index is 12.9. The first-order chi connectivity index (χ1) is 15.4. The van der Waals surface area contributed by atoms with Crippen LogP contribution in [0.3, 0.4) is 0 Å². The molecule has 10 heteroatoms. The van der Waals surface area contributed by atoms with Crippen molar-refractivity contribution in [2.75, 3.05) is 11.9 Å². The zero-order valence-electron chi connectivity index (χ0n) is 19.3. The van der Waals surface area contributed by atoms with Crippen molar-refractivity contribution in [2.45, 2.75) is 76.2 Å². The van der Waals surface area contributed by atoms with Gasteiger partial charge in [-0.3, -0.25) is 4.79 Å². The van der Waals surface area contributed by atoms with Gasteiger partial charge in [-0.05, 0) is 58.7 Å². The number of aromatic nitrogens is 2. The van der Waals surface area contributed by atoms with E-state index in [0.29, 0.717) is 16.5 Å². The van der Waals surface area contributed by atoms with Gasteiger partial charge in [0.15, 0.2) is 0 Å². The van der Waals surface area contributed by atoms with Crippen molar-refractivity contribution >= 4 is 29.2 Å². The summed E-state index contributed by atoms with van der Waals surface area (Å²) >= 11 is 1.26. The van der Waals surface area contributed by atoms with Crippen LogP contribution in [0.2, 0.25) is 0 Å². The van der Waals surface area contributed by atoms with Gasteiger partial charge in [0.2, 0.25) is 5.95 Å². The average molecular weight is 474 g/mol. The number of carboxylic acids is 1. The molecule has 2 atom stereocenters. The van der Waals surface area contributed by atoms with Crippen molar-refractivity contribution in [2.24, 2.45) is 0 Å². The van der Waals surface area contributed by atoms with Gasteiger partial charge in [-0.25, -0.2) is 14.8 Å². The van der Waals surface area contributed by atoms with Crippen LogP contribution in [-0.4, -0.2) is 72.8 Å². The minimum atomic E-state index is -1.10. The Morgan fingerprint density at radius 3 is 2.55 bits per heavy atom. The summed E-state index contributed by atoms with van der Waals surface area (Å²) in [6, 6.07) is 4.50. The average Bonchev–Trinajstić information content (AvgIpc) is 3.32. The van der Waals surface area contributed by atoms with Gasteiger partial charge < -0.3 is 25.7 Å². The van der Waals surface area contributed by atoms with E-state index in [1.807, 2.05) is 6.07 Å². The summed E-state index contributed by atoms with van der Waals surface area (Å²) in [5, 5.41) is 26.4. The lowest BCUT2D eigenvalue weighted by molar-refractivity contribution is -0.141. The Hall–Kier alpha value is -2.56. The van der Waals surface area contributed by atoms with Gasteiger partial charge in [0, 0.05) is 36.3 Å². The number of piperidine rings is 1. The number of thiophene rings is 1. The Bertz CT molecular complexity index is 1040. The van der Waals surface area contributed by atoms with Crippen LogP contribution < -0.4 is 10.6 Å². The Labute approximate surface area is 197 Å². The summed E-state index contributed by atoms with van der Waals surface area (Å²) in [6.07, 6.45) is 2.79. The number of likely N-dealkylation sites (tertiary alicyclic amines) is 1.